The summed E-state index contributed by atoms with van der Waals surface area (Å²) in [5.41, 5.74) is 4.10. The Kier molecular flexibility index (Phi) is 3.11. The Morgan fingerprint density at radius 2 is 2.22 bits per heavy atom. The average molecular weight is 310 g/mol. The number of nitrogens with zero attached hydrogens (tertiary/aromatic N) is 3. The predicted molar refractivity (Wildman–Crippen MR) is 86.5 cm³/mol. The van der Waals surface area contributed by atoms with Crippen molar-refractivity contribution in [2.45, 2.75) is 13.0 Å². The Morgan fingerprint density at radius 1 is 1.35 bits per heavy atom. The van der Waals surface area contributed by atoms with Gasteiger partial charge < -0.3 is 14.6 Å². The second-order valence-electron chi connectivity index (χ2n) is 5.81. The molecule has 4 rings (SSSR count). The van der Waals surface area contributed by atoms with Crippen molar-refractivity contribution in [3.05, 3.63) is 47.4 Å². The smallest absolute Gasteiger partial charge is 0.272 e. The first-order chi connectivity index (χ1) is 11.2. The number of rotatable bonds is 2. The summed E-state index contributed by atoms with van der Waals surface area (Å²) in [5, 5.41) is 5.21. The molecule has 1 amide bonds. The minimum absolute atomic E-state index is 0.0212. The molecule has 6 heteroatoms. The summed E-state index contributed by atoms with van der Waals surface area (Å²) in [7, 11) is 3.46. The van der Waals surface area contributed by atoms with Gasteiger partial charge in [-0.05, 0) is 24.3 Å². The van der Waals surface area contributed by atoms with Crippen LogP contribution in [0, 0.1) is 0 Å². The Bertz CT molecular complexity index is 893. The number of benzene rings is 1. The number of aromatic nitrogens is 3. The van der Waals surface area contributed by atoms with Crippen LogP contribution in [0.1, 0.15) is 21.7 Å². The number of aryl methyl sites for hydroxylation is 1. The van der Waals surface area contributed by atoms with Crippen LogP contribution >= 0.6 is 0 Å². The third kappa shape index (κ3) is 2.18. The fourth-order valence-corrected chi connectivity index (χ4v) is 3.24. The summed E-state index contributed by atoms with van der Waals surface area (Å²) in [6, 6.07) is 7.77. The first kappa shape index (κ1) is 13.9. The van der Waals surface area contributed by atoms with Crippen molar-refractivity contribution >= 4 is 16.8 Å². The number of aromatic amines is 1. The molecule has 0 saturated carbocycles. The van der Waals surface area contributed by atoms with Gasteiger partial charge in [0.05, 0.1) is 7.11 Å². The summed E-state index contributed by atoms with van der Waals surface area (Å²) in [5.74, 6) is 0.849. The van der Waals surface area contributed by atoms with Gasteiger partial charge in [0.2, 0.25) is 0 Å². The van der Waals surface area contributed by atoms with Crippen molar-refractivity contribution in [1.82, 2.24) is 19.7 Å². The largest absolute Gasteiger partial charge is 0.497 e. The maximum absolute atomic E-state index is 12.7. The Morgan fingerprint density at radius 3 is 2.96 bits per heavy atom. The van der Waals surface area contributed by atoms with Crippen LogP contribution in [-0.2, 0) is 20.0 Å². The third-order valence-corrected chi connectivity index (χ3v) is 4.51. The zero-order valence-electron chi connectivity index (χ0n) is 13.2. The second-order valence-corrected chi connectivity index (χ2v) is 5.81. The maximum Gasteiger partial charge on any atom is 0.272 e. The molecule has 3 aromatic rings. The number of nitrogens with one attached hydrogen (secondary N) is 1. The molecule has 6 nitrogen and oxygen atoms in total. The number of H-pyrrole nitrogens is 1. The van der Waals surface area contributed by atoms with Gasteiger partial charge in [-0.15, -0.1) is 0 Å². The number of amides is 1. The van der Waals surface area contributed by atoms with E-state index >= 15 is 0 Å². The van der Waals surface area contributed by atoms with E-state index in [2.05, 4.69) is 10.1 Å². The van der Waals surface area contributed by atoms with Crippen LogP contribution < -0.4 is 4.74 Å². The van der Waals surface area contributed by atoms with E-state index in [1.165, 1.54) is 11.3 Å². The molecule has 1 aliphatic heterocycles. The number of fused-ring (bicyclic) bond motifs is 3. The molecule has 1 aliphatic rings. The zero-order valence-corrected chi connectivity index (χ0v) is 13.2. The molecule has 0 atom stereocenters. The van der Waals surface area contributed by atoms with Gasteiger partial charge in [0.15, 0.2) is 0 Å². The lowest BCUT2D eigenvalue weighted by atomic mass is 10.0. The van der Waals surface area contributed by atoms with Gasteiger partial charge in [0.25, 0.3) is 5.91 Å². The molecule has 1 aromatic carbocycles. The highest BCUT2D eigenvalue weighted by atomic mass is 16.5. The van der Waals surface area contributed by atoms with Crippen molar-refractivity contribution in [3.63, 3.8) is 0 Å². The van der Waals surface area contributed by atoms with E-state index in [4.69, 9.17) is 4.74 Å². The fraction of sp³-hybridized carbons (Fsp3) is 0.294. The molecule has 0 radical (unpaired) electrons. The Balaban J connectivity index is 1.71. The average Bonchev–Trinajstić information content (AvgIpc) is 3.16. The third-order valence-electron chi connectivity index (χ3n) is 4.51. The van der Waals surface area contributed by atoms with Crippen molar-refractivity contribution in [1.29, 1.82) is 0 Å². The van der Waals surface area contributed by atoms with Crippen molar-refractivity contribution in [3.8, 4) is 5.75 Å². The first-order valence-electron chi connectivity index (χ1n) is 7.62. The second kappa shape index (κ2) is 5.15. The lowest BCUT2D eigenvalue weighted by Gasteiger charge is -2.27. The van der Waals surface area contributed by atoms with E-state index in [9.17, 15) is 4.79 Å². The topological polar surface area (TPSA) is 63.1 Å². The fourth-order valence-electron chi connectivity index (χ4n) is 3.24. The summed E-state index contributed by atoms with van der Waals surface area (Å²) in [4.78, 5) is 18.0. The van der Waals surface area contributed by atoms with Crippen LogP contribution in [0.25, 0.3) is 10.9 Å². The highest BCUT2D eigenvalue weighted by Crippen LogP contribution is 2.30. The number of carbonyl (C=O) groups excluding carboxylic acids is 1. The molecule has 2 aromatic heterocycles. The zero-order chi connectivity index (χ0) is 16.0. The van der Waals surface area contributed by atoms with Crippen molar-refractivity contribution < 1.29 is 9.53 Å². The summed E-state index contributed by atoms with van der Waals surface area (Å²) >= 11 is 0. The number of ether oxygens (including phenoxy) is 1. The van der Waals surface area contributed by atoms with Gasteiger partial charge >= 0.3 is 0 Å². The van der Waals surface area contributed by atoms with E-state index in [-0.39, 0.29) is 5.91 Å². The molecule has 0 fully saturated rings. The van der Waals surface area contributed by atoms with Gasteiger partial charge in [0, 0.05) is 54.9 Å². The van der Waals surface area contributed by atoms with E-state index in [1.807, 2.05) is 23.1 Å². The molecule has 0 saturated heterocycles. The lowest BCUT2D eigenvalue weighted by Crippen LogP contribution is -2.36. The quantitative estimate of drug-likeness (QED) is 0.788. The van der Waals surface area contributed by atoms with Crippen molar-refractivity contribution in [2.75, 3.05) is 13.7 Å². The molecule has 0 aliphatic carbocycles. The van der Waals surface area contributed by atoms with Crippen LogP contribution in [-0.4, -0.2) is 39.2 Å². The van der Waals surface area contributed by atoms with Gasteiger partial charge in [-0.25, -0.2) is 0 Å². The summed E-state index contributed by atoms with van der Waals surface area (Å²) < 4.78 is 6.95. The van der Waals surface area contributed by atoms with Crippen LogP contribution in [0.5, 0.6) is 5.75 Å². The minimum Gasteiger partial charge on any atom is -0.497 e. The van der Waals surface area contributed by atoms with E-state index < -0.39 is 0 Å². The molecular formula is C17H18N4O2. The van der Waals surface area contributed by atoms with Crippen LogP contribution in [0.3, 0.4) is 0 Å². The SMILES string of the molecule is COc1ccc2[nH]c3c(c2c1)CN(C(=O)c1ccnn1C)CC3. The van der Waals surface area contributed by atoms with Crippen molar-refractivity contribution in [2.24, 2.45) is 7.05 Å². The van der Waals surface area contributed by atoms with Gasteiger partial charge in [-0.1, -0.05) is 0 Å². The molecule has 0 bridgehead atoms. The normalized spacial score (nSPS) is 14.1. The number of hydrogen-bond donors (Lipinski definition) is 1. The highest BCUT2D eigenvalue weighted by molar-refractivity contribution is 5.93. The van der Waals surface area contributed by atoms with Crippen LogP contribution in [0.4, 0.5) is 0 Å². The molecule has 3 heterocycles. The summed E-state index contributed by atoms with van der Waals surface area (Å²) in [6.07, 6.45) is 2.48. The first-order valence-corrected chi connectivity index (χ1v) is 7.62. The highest BCUT2D eigenvalue weighted by Gasteiger charge is 2.26. The standard InChI is InChI=1S/C17H18N4O2/c1-20-16(5-7-18-20)17(22)21-8-6-15-13(10-21)12-9-11(23-2)3-4-14(12)19-15/h3-5,7,9,19H,6,8,10H2,1-2H3. The van der Waals surface area contributed by atoms with Crippen LogP contribution in [0.15, 0.2) is 30.5 Å². The maximum atomic E-state index is 12.7. The van der Waals surface area contributed by atoms with Gasteiger partial charge in [-0.2, -0.15) is 5.10 Å². The molecule has 0 unspecified atom stereocenters. The van der Waals surface area contributed by atoms with E-state index in [0.717, 1.165) is 23.1 Å². The lowest BCUT2D eigenvalue weighted by molar-refractivity contribution is 0.0724. The van der Waals surface area contributed by atoms with Gasteiger partial charge in [0.1, 0.15) is 11.4 Å². The Labute approximate surface area is 133 Å². The number of methoxy groups -OCH3 is 1. The number of hydrogen-bond acceptors (Lipinski definition) is 3. The molecule has 1 N–H and O–H groups in total. The molecular weight excluding hydrogens is 292 g/mol. The van der Waals surface area contributed by atoms with E-state index in [0.29, 0.717) is 18.8 Å². The number of carbonyl (C=O) groups is 1. The molecule has 0 spiro atoms. The Hall–Kier alpha value is -2.76. The molecule has 23 heavy (non-hydrogen) atoms. The monoisotopic (exact) mass is 310 g/mol. The minimum atomic E-state index is 0.0212. The molecule has 118 valence electrons. The summed E-state index contributed by atoms with van der Waals surface area (Å²) in [6.45, 7) is 1.31. The predicted octanol–water partition coefficient (Wildman–Crippen LogP) is 2.11. The van der Waals surface area contributed by atoms with Crippen LogP contribution in [0.2, 0.25) is 0 Å². The van der Waals surface area contributed by atoms with E-state index in [1.54, 1.807) is 31.1 Å². The van der Waals surface area contributed by atoms with Gasteiger partial charge in [-0.3, -0.25) is 9.48 Å².